The number of benzene rings is 2. The van der Waals surface area contributed by atoms with Crippen molar-refractivity contribution in [3.63, 3.8) is 0 Å². The van der Waals surface area contributed by atoms with Crippen LogP contribution < -0.4 is 14.8 Å². The highest BCUT2D eigenvalue weighted by Crippen LogP contribution is 2.31. The number of carbonyl (C=O) groups is 3. The maximum absolute atomic E-state index is 13.1. The molecule has 2 aromatic carbocycles. The second-order valence-electron chi connectivity index (χ2n) is 7.65. The molecule has 0 radical (unpaired) electrons. The van der Waals surface area contributed by atoms with Crippen molar-refractivity contribution in [2.75, 3.05) is 26.3 Å². The standard InChI is InChI=1S/C24H28N2O5/c1-16(2)26(17(3)27)12-6-11-25-24(29)20-8-5-4-7-19(20)23(28)18-9-10-21-22(15-18)31-14-13-30-21/h4-5,7-10,15-16H,6,11-14H2,1-3H3,(H,25,29). The summed E-state index contributed by atoms with van der Waals surface area (Å²) in [5, 5.41) is 2.86. The van der Waals surface area contributed by atoms with Crippen molar-refractivity contribution in [1.82, 2.24) is 10.2 Å². The van der Waals surface area contributed by atoms with Crippen LogP contribution in [0.4, 0.5) is 0 Å². The van der Waals surface area contributed by atoms with E-state index >= 15 is 0 Å². The molecular formula is C24H28N2O5. The van der Waals surface area contributed by atoms with Gasteiger partial charge in [0.25, 0.3) is 5.91 Å². The molecule has 0 fully saturated rings. The molecule has 1 heterocycles. The Balaban J connectivity index is 1.68. The zero-order valence-electron chi connectivity index (χ0n) is 18.1. The van der Waals surface area contributed by atoms with E-state index in [0.717, 1.165) is 0 Å². The molecule has 0 saturated heterocycles. The number of hydrogen-bond donors (Lipinski definition) is 1. The molecule has 31 heavy (non-hydrogen) atoms. The van der Waals surface area contributed by atoms with Crippen molar-refractivity contribution in [2.24, 2.45) is 0 Å². The van der Waals surface area contributed by atoms with Gasteiger partial charge in [0.1, 0.15) is 13.2 Å². The minimum Gasteiger partial charge on any atom is -0.486 e. The van der Waals surface area contributed by atoms with Gasteiger partial charge in [0.2, 0.25) is 5.91 Å². The third kappa shape index (κ3) is 5.42. The Bertz CT molecular complexity index is 970. The molecular weight excluding hydrogens is 396 g/mol. The fourth-order valence-corrected chi connectivity index (χ4v) is 3.55. The van der Waals surface area contributed by atoms with E-state index in [1.165, 1.54) is 6.92 Å². The number of ketones is 1. The fourth-order valence-electron chi connectivity index (χ4n) is 3.55. The predicted molar refractivity (Wildman–Crippen MR) is 117 cm³/mol. The molecule has 0 bridgehead atoms. The molecule has 1 aliphatic rings. The van der Waals surface area contributed by atoms with E-state index in [1.807, 2.05) is 13.8 Å². The van der Waals surface area contributed by atoms with Crippen LogP contribution in [-0.2, 0) is 4.79 Å². The number of nitrogens with zero attached hydrogens (tertiary/aromatic N) is 1. The smallest absolute Gasteiger partial charge is 0.252 e. The van der Waals surface area contributed by atoms with Crippen LogP contribution in [0.1, 0.15) is 53.5 Å². The number of hydrogen-bond acceptors (Lipinski definition) is 5. The van der Waals surface area contributed by atoms with Gasteiger partial charge in [0.05, 0.1) is 5.56 Å². The summed E-state index contributed by atoms with van der Waals surface area (Å²) in [6, 6.07) is 11.9. The summed E-state index contributed by atoms with van der Waals surface area (Å²) in [5.41, 5.74) is 1.07. The minimum atomic E-state index is -0.319. The van der Waals surface area contributed by atoms with Gasteiger partial charge < -0.3 is 19.7 Å². The van der Waals surface area contributed by atoms with E-state index in [4.69, 9.17) is 9.47 Å². The highest BCUT2D eigenvalue weighted by Gasteiger charge is 2.21. The van der Waals surface area contributed by atoms with E-state index in [0.29, 0.717) is 60.9 Å². The van der Waals surface area contributed by atoms with Crippen LogP contribution >= 0.6 is 0 Å². The van der Waals surface area contributed by atoms with E-state index in [1.54, 1.807) is 47.4 Å². The Morgan fingerprint density at radius 3 is 2.35 bits per heavy atom. The van der Waals surface area contributed by atoms with Gasteiger partial charge in [-0.15, -0.1) is 0 Å². The largest absolute Gasteiger partial charge is 0.486 e. The maximum atomic E-state index is 13.1. The monoisotopic (exact) mass is 424 g/mol. The zero-order valence-corrected chi connectivity index (χ0v) is 18.1. The summed E-state index contributed by atoms with van der Waals surface area (Å²) < 4.78 is 11.1. The van der Waals surface area contributed by atoms with Gasteiger partial charge in [-0.25, -0.2) is 0 Å². The second-order valence-corrected chi connectivity index (χ2v) is 7.65. The normalized spacial score (nSPS) is 12.4. The summed E-state index contributed by atoms with van der Waals surface area (Å²) in [5.74, 6) is 0.566. The molecule has 1 N–H and O–H groups in total. The van der Waals surface area contributed by atoms with Crippen molar-refractivity contribution in [3.8, 4) is 11.5 Å². The Hall–Kier alpha value is -3.35. The molecule has 0 spiro atoms. The molecule has 0 atom stereocenters. The molecule has 0 unspecified atom stereocenters. The topological polar surface area (TPSA) is 84.9 Å². The lowest BCUT2D eigenvalue weighted by Gasteiger charge is -2.25. The summed E-state index contributed by atoms with van der Waals surface area (Å²) in [6.07, 6.45) is 0.627. The zero-order chi connectivity index (χ0) is 22.4. The van der Waals surface area contributed by atoms with Gasteiger partial charge in [0.15, 0.2) is 17.3 Å². The van der Waals surface area contributed by atoms with Gasteiger partial charge in [-0.2, -0.15) is 0 Å². The number of fused-ring (bicyclic) bond motifs is 1. The van der Waals surface area contributed by atoms with Crippen LogP contribution in [-0.4, -0.2) is 54.8 Å². The van der Waals surface area contributed by atoms with Crippen molar-refractivity contribution in [1.29, 1.82) is 0 Å². The fraction of sp³-hybridized carbons (Fsp3) is 0.375. The molecule has 1 aliphatic heterocycles. The Morgan fingerprint density at radius 2 is 1.68 bits per heavy atom. The summed E-state index contributed by atoms with van der Waals surface area (Å²) in [7, 11) is 0. The first-order valence-corrected chi connectivity index (χ1v) is 10.5. The predicted octanol–water partition coefficient (Wildman–Crippen LogP) is 3.07. The third-order valence-electron chi connectivity index (χ3n) is 5.11. The average molecular weight is 424 g/mol. The van der Waals surface area contributed by atoms with Crippen molar-refractivity contribution >= 4 is 17.6 Å². The number of amides is 2. The van der Waals surface area contributed by atoms with Gasteiger partial charge >= 0.3 is 0 Å². The van der Waals surface area contributed by atoms with Crippen LogP contribution in [0, 0.1) is 0 Å². The van der Waals surface area contributed by atoms with Crippen LogP contribution in [0.3, 0.4) is 0 Å². The first kappa shape index (κ1) is 22.3. The van der Waals surface area contributed by atoms with Crippen molar-refractivity contribution in [2.45, 2.75) is 33.2 Å². The Kier molecular flexibility index (Phi) is 7.28. The molecule has 7 nitrogen and oxygen atoms in total. The molecule has 0 aromatic heterocycles. The molecule has 3 rings (SSSR count). The lowest BCUT2D eigenvalue weighted by Crippen LogP contribution is -2.37. The summed E-state index contributed by atoms with van der Waals surface area (Å²) in [4.78, 5) is 39.3. The first-order valence-electron chi connectivity index (χ1n) is 10.5. The number of rotatable bonds is 8. The third-order valence-corrected chi connectivity index (χ3v) is 5.11. The SMILES string of the molecule is CC(=O)N(CCCNC(=O)c1ccccc1C(=O)c1ccc2c(c1)OCCO2)C(C)C. The van der Waals surface area contributed by atoms with Gasteiger partial charge in [0, 0.05) is 37.2 Å². The lowest BCUT2D eigenvalue weighted by molar-refractivity contribution is -0.130. The van der Waals surface area contributed by atoms with Gasteiger partial charge in [-0.1, -0.05) is 18.2 Å². The van der Waals surface area contributed by atoms with Crippen LogP contribution in [0.25, 0.3) is 0 Å². The first-order chi connectivity index (χ1) is 14.9. The van der Waals surface area contributed by atoms with Crippen LogP contribution in [0.15, 0.2) is 42.5 Å². The van der Waals surface area contributed by atoms with Crippen LogP contribution in [0.5, 0.6) is 11.5 Å². The van der Waals surface area contributed by atoms with E-state index in [2.05, 4.69) is 5.32 Å². The van der Waals surface area contributed by atoms with Crippen LogP contribution in [0.2, 0.25) is 0 Å². The minimum absolute atomic E-state index is 0.0108. The van der Waals surface area contributed by atoms with E-state index in [9.17, 15) is 14.4 Å². The quantitative estimate of drug-likeness (QED) is 0.520. The molecule has 0 saturated carbocycles. The van der Waals surface area contributed by atoms with E-state index < -0.39 is 0 Å². The summed E-state index contributed by atoms with van der Waals surface area (Å²) >= 11 is 0. The van der Waals surface area contributed by atoms with Gasteiger partial charge in [-0.05, 0) is 44.5 Å². The number of nitrogens with one attached hydrogen (secondary N) is 1. The molecule has 7 heteroatoms. The average Bonchev–Trinajstić information content (AvgIpc) is 2.77. The molecule has 164 valence electrons. The number of ether oxygens (including phenoxy) is 2. The maximum Gasteiger partial charge on any atom is 0.252 e. The molecule has 0 aliphatic carbocycles. The summed E-state index contributed by atoms with van der Waals surface area (Å²) in [6.45, 7) is 7.33. The molecule has 2 aromatic rings. The number of carbonyl (C=O) groups excluding carboxylic acids is 3. The second kappa shape index (κ2) is 10.1. The Morgan fingerprint density at radius 1 is 1.00 bits per heavy atom. The van der Waals surface area contributed by atoms with Crippen molar-refractivity contribution in [3.05, 3.63) is 59.2 Å². The highest BCUT2D eigenvalue weighted by molar-refractivity contribution is 6.15. The van der Waals surface area contributed by atoms with Gasteiger partial charge in [-0.3, -0.25) is 14.4 Å². The lowest BCUT2D eigenvalue weighted by atomic mass is 9.97. The van der Waals surface area contributed by atoms with Crippen molar-refractivity contribution < 1.29 is 23.9 Å². The van der Waals surface area contributed by atoms with E-state index in [-0.39, 0.29) is 23.6 Å². The molecule has 2 amide bonds. The Labute approximate surface area is 182 Å². The highest BCUT2D eigenvalue weighted by atomic mass is 16.6.